The summed E-state index contributed by atoms with van der Waals surface area (Å²) in [4.78, 5) is 27.4. The third kappa shape index (κ3) is 4.69. The molecule has 0 atom stereocenters. The molecular formula is C23H20N4O4. The van der Waals surface area contributed by atoms with Gasteiger partial charge in [0, 0.05) is 23.8 Å². The standard InChI is InChI=1S/C23H20N4O4/c24-23-25-19(10-9-16-4-1-6-18(12-16)21-8-3-11-31-21)14-22(28)26(23)15-17-5-2-7-20(13-17)27(29)30/h1-8,11-14H,9-10,15H2,(H2,24,25). The number of nitrogens with zero attached hydrogens (tertiary/aromatic N) is 3. The monoisotopic (exact) mass is 416 g/mol. The second-order valence-electron chi connectivity index (χ2n) is 7.13. The zero-order chi connectivity index (χ0) is 21.8. The second-order valence-corrected chi connectivity index (χ2v) is 7.13. The molecule has 2 aromatic heterocycles. The Hall–Kier alpha value is -4.20. The Morgan fingerprint density at radius 3 is 2.55 bits per heavy atom. The van der Waals surface area contributed by atoms with Crippen molar-refractivity contribution in [3.63, 3.8) is 0 Å². The number of aryl methyl sites for hydroxylation is 2. The molecule has 0 spiro atoms. The van der Waals surface area contributed by atoms with E-state index in [1.54, 1.807) is 18.4 Å². The van der Waals surface area contributed by atoms with E-state index in [0.717, 1.165) is 16.9 Å². The molecule has 2 N–H and O–H groups in total. The highest BCUT2D eigenvalue weighted by Gasteiger charge is 2.11. The Labute approximate surface area is 177 Å². The Morgan fingerprint density at radius 1 is 1.00 bits per heavy atom. The molecule has 0 saturated carbocycles. The van der Waals surface area contributed by atoms with Crippen molar-refractivity contribution >= 4 is 11.6 Å². The molecule has 4 aromatic rings. The van der Waals surface area contributed by atoms with Gasteiger partial charge in [-0.25, -0.2) is 4.98 Å². The van der Waals surface area contributed by atoms with Gasteiger partial charge in [0.2, 0.25) is 5.95 Å². The summed E-state index contributed by atoms with van der Waals surface area (Å²) in [5, 5.41) is 11.0. The van der Waals surface area contributed by atoms with Crippen LogP contribution in [0.15, 0.2) is 82.2 Å². The number of furan rings is 1. The summed E-state index contributed by atoms with van der Waals surface area (Å²) in [6.07, 6.45) is 2.88. The molecule has 4 rings (SSSR count). The predicted molar refractivity (Wildman–Crippen MR) is 117 cm³/mol. The van der Waals surface area contributed by atoms with E-state index in [1.165, 1.54) is 22.8 Å². The third-order valence-corrected chi connectivity index (χ3v) is 4.96. The second kappa shape index (κ2) is 8.66. The Balaban J connectivity index is 1.49. The van der Waals surface area contributed by atoms with Crippen LogP contribution >= 0.6 is 0 Å². The molecule has 2 aromatic carbocycles. The van der Waals surface area contributed by atoms with Gasteiger partial charge in [0.05, 0.1) is 23.4 Å². The van der Waals surface area contributed by atoms with Gasteiger partial charge >= 0.3 is 0 Å². The average Bonchev–Trinajstić information content (AvgIpc) is 3.30. The van der Waals surface area contributed by atoms with Crippen molar-refractivity contribution in [2.24, 2.45) is 0 Å². The van der Waals surface area contributed by atoms with Gasteiger partial charge in [-0.05, 0) is 42.2 Å². The van der Waals surface area contributed by atoms with Gasteiger partial charge in [0.1, 0.15) is 5.76 Å². The third-order valence-electron chi connectivity index (χ3n) is 4.96. The smallest absolute Gasteiger partial charge is 0.269 e. The lowest BCUT2D eigenvalue weighted by molar-refractivity contribution is -0.384. The number of benzene rings is 2. The highest BCUT2D eigenvalue weighted by Crippen LogP contribution is 2.21. The molecule has 0 unspecified atom stereocenters. The Bertz CT molecular complexity index is 1280. The van der Waals surface area contributed by atoms with Gasteiger partial charge < -0.3 is 10.2 Å². The highest BCUT2D eigenvalue weighted by atomic mass is 16.6. The molecule has 0 radical (unpaired) electrons. The largest absolute Gasteiger partial charge is 0.464 e. The molecule has 0 aliphatic rings. The lowest BCUT2D eigenvalue weighted by atomic mass is 10.0. The number of non-ortho nitro benzene ring substituents is 1. The van der Waals surface area contributed by atoms with Gasteiger partial charge in [0.25, 0.3) is 11.2 Å². The number of hydrogen-bond acceptors (Lipinski definition) is 6. The van der Waals surface area contributed by atoms with E-state index in [4.69, 9.17) is 10.2 Å². The SMILES string of the molecule is Nc1nc(CCc2cccc(-c3ccco3)c2)cc(=O)n1Cc1cccc([N+](=O)[O-])c1. The summed E-state index contributed by atoms with van der Waals surface area (Å²) in [7, 11) is 0. The summed E-state index contributed by atoms with van der Waals surface area (Å²) in [5.74, 6) is 0.881. The van der Waals surface area contributed by atoms with Crippen molar-refractivity contribution in [1.82, 2.24) is 9.55 Å². The number of hydrogen-bond donors (Lipinski definition) is 1. The lowest BCUT2D eigenvalue weighted by Crippen LogP contribution is -2.25. The van der Waals surface area contributed by atoms with Crippen LogP contribution in [-0.2, 0) is 19.4 Å². The van der Waals surface area contributed by atoms with E-state index in [0.29, 0.717) is 24.1 Å². The molecule has 156 valence electrons. The summed E-state index contributed by atoms with van der Waals surface area (Å²) in [5.41, 5.74) is 8.98. The highest BCUT2D eigenvalue weighted by molar-refractivity contribution is 5.58. The molecule has 0 aliphatic carbocycles. The molecule has 8 nitrogen and oxygen atoms in total. The van der Waals surface area contributed by atoms with Crippen LogP contribution in [0.4, 0.5) is 11.6 Å². The first-order chi connectivity index (χ1) is 15.0. The van der Waals surface area contributed by atoms with E-state index < -0.39 is 4.92 Å². The van der Waals surface area contributed by atoms with Gasteiger partial charge in [-0.2, -0.15) is 0 Å². The minimum absolute atomic E-state index is 0.0366. The quantitative estimate of drug-likeness (QED) is 0.361. The zero-order valence-electron chi connectivity index (χ0n) is 16.6. The molecule has 8 heteroatoms. The Morgan fingerprint density at radius 2 is 1.81 bits per heavy atom. The molecule has 2 heterocycles. The maximum absolute atomic E-state index is 12.6. The molecule has 0 aliphatic heterocycles. The molecule has 0 amide bonds. The number of nitrogens with two attached hydrogens (primary N) is 1. The topological polar surface area (TPSA) is 117 Å². The van der Waals surface area contributed by atoms with E-state index >= 15 is 0 Å². The predicted octanol–water partition coefficient (Wildman–Crippen LogP) is 3.83. The van der Waals surface area contributed by atoms with E-state index in [1.807, 2.05) is 36.4 Å². The maximum Gasteiger partial charge on any atom is 0.269 e. The Kier molecular flexibility index (Phi) is 5.61. The van der Waals surface area contributed by atoms with Crippen LogP contribution in [0.2, 0.25) is 0 Å². The number of anilines is 1. The summed E-state index contributed by atoms with van der Waals surface area (Å²) in [6, 6.07) is 19.3. The number of nitrogen functional groups attached to an aromatic ring is 1. The fourth-order valence-electron chi connectivity index (χ4n) is 3.41. The minimum atomic E-state index is -0.474. The molecule has 0 bridgehead atoms. The van der Waals surface area contributed by atoms with Crippen LogP contribution < -0.4 is 11.3 Å². The lowest BCUT2D eigenvalue weighted by Gasteiger charge is -2.11. The summed E-state index contributed by atoms with van der Waals surface area (Å²) in [6.45, 7) is 0.116. The van der Waals surface area contributed by atoms with Crippen molar-refractivity contribution in [3.8, 4) is 11.3 Å². The summed E-state index contributed by atoms with van der Waals surface area (Å²) >= 11 is 0. The van der Waals surface area contributed by atoms with Crippen LogP contribution in [0.25, 0.3) is 11.3 Å². The molecule has 31 heavy (non-hydrogen) atoms. The normalized spacial score (nSPS) is 10.8. The van der Waals surface area contributed by atoms with Crippen molar-refractivity contribution < 1.29 is 9.34 Å². The zero-order valence-corrected chi connectivity index (χ0v) is 16.6. The number of nitro groups is 1. The first-order valence-corrected chi connectivity index (χ1v) is 9.72. The first kappa shape index (κ1) is 20.1. The minimum Gasteiger partial charge on any atom is -0.464 e. The van der Waals surface area contributed by atoms with E-state index in [9.17, 15) is 14.9 Å². The van der Waals surface area contributed by atoms with Crippen molar-refractivity contribution in [1.29, 1.82) is 0 Å². The van der Waals surface area contributed by atoms with E-state index in [-0.39, 0.29) is 23.7 Å². The van der Waals surface area contributed by atoms with Crippen LogP contribution in [0, 0.1) is 10.1 Å². The van der Waals surface area contributed by atoms with Gasteiger partial charge in [-0.1, -0.05) is 30.3 Å². The number of rotatable bonds is 7. The van der Waals surface area contributed by atoms with Crippen molar-refractivity contribution in [2.75, 3.05) is 5.73 Å². The fourth-order valence-corrected chi connectivity index (χ4v) is 3.41. The maximum atomic E-state index is 12.6. The first-order valence-electron chi connectivity index (χ1n) is 9.72. The van der Waals surface area contributed by atoms with Gasteiger partial charge in [0.15, 0.2) is 0 Å². The molecular weight excluding hydrogens is 396 g/mol. The number of aromatic nitrogens is 2. The van der Waals surface area contributed by atoms with Crippen LogP contribution in [-0.4, -0.2) is 14.5 Å². The van der Waals surface area contributed by atoms with Crippen LogP contribution in [0.1, 0.15) is 16.8 Å². The number of nitro benzene ring substituents is 1. The van der Waals surface area contributed by atoms with Crippen LogP contribution in [0.5, 0.6) is 0 Å². The fraction of sp³-hybridized carbons (Fsp3) is 0.130. The van der Waals surface area contributed by atoms with Crippen LogP contribution in [0.3, 0.4) is 0 Å². The van der Waals surface area contributed by atoms with Crippen molar-refractivity contribution in [3.05, 3.63) is 110 Å². The van der Waals surface area contributed by atoms with Gasteiger partial charge in [-0.15, -0.1) is 0 Å². The van der Waals surface area contributed by atoms with E-state index in [2.05, 4.69) is 4.98 Å². The molecule has 0 saturated heterocycles. The molecule has 0 fully saturated rings. The summed E-state index contributed by atoms with van der Waals surface area (Å²) < 4.78 is 6.75. The average molecular weight is 416 g/mol. The van der Waals surface area contributed by atoms with Crippen molar-refractivity contribution in [2.45, 2.75) is 19.4 Å². The van der Waals surface area contributed by atoms with Gasteiger partial charge in [-0.3, -0.25) is 19.5 Å².